The Hall–Kier alpha value is -0.810. The Morgan fingerprint density at radius 1 is 1.77 bits per heavy atom. The van der Waals surface area contributed by atoms with Crippen LogP contribution in [0.1, 0.15) is 13.3 Å². The molecule has 76 valence electrons. The number of amidine groups is 1. The van der Waals surface area contributed by atoms with Crippen molar-refractivity contribution in [3.8, 4) is 0 Å². The number of oxime groups is 1. The smallest absolute Gasteiger partial charge is 0.156 e. The molecule has 1 aliphatic rings. The van der Waals surface area contributed by atoms with Gasteiger partial charge in [-0.3, -0.25) is 0 Å². The fourth-order valence-corrected chi connectivity index (χ4v) is 1.60. The van der Waals surface area contributed by atoms with E-state index in [2.05, 4.69) is 22.4 Å². The Labute approximate surface area is 78.6 Å². The topological polar surface area (TPSA) is 73.9 Å². The maximum absolute atomic E-state index is 8.44. The SMILES string of the molecule is CC(NC1CCN(C)C1)C(N)=NO. The minimum absolute atomic E-state index is 0.0542. The van der Waals surface area contributed by atoms with Crippen molar-refractivity contribution in [2.45, 2.75) is 25.4 Å². The molecule has 2 unspecified atom stereocenters. The molecule has 1 aliphatic heterocycles. The van der Waals surface area contributed by atoms with Gasteiger partial charge in [0.05, 0.1) is 6.04 Å². The van der Waals surface area contributed by atoms with Crippen molar-refractivity contribution in [3.63, 3.8) is 0 Å². The average molecular weight is 186 g/mol. The molecule has 0 spiro atoms. The van der Waals surface area contributed by atoms with Crippen LogP contribution >= 0.6 is 0 Å². The van der Waals surface area contributed by atoms with Gasteiger partial charge in [0, 0.05) is 12.6 Å². The van der Waals surface area contributed by atoms with Gasteiger partial charge in [-0.2, -0.15) is 0 Å². The molecule has 0 aromatic heterocycles. The highest BCUT2D eigenvalue weighted by Gasteiger charge is 2.21. The van der Waals surface area contributed by atoms with Gasteiger partial charge in [-0.1, -0.05) is 5.16 Å². The van der Waals surface area contributed by atoms with Crippen LogP contribution in [-0.2, 0) is 0 Å². The molecule has 0 aliphatic carbocycles. The molecule has 2 atom stereocenters. The molecule has 1 heterocycles. The molecule has 0 bridgehead atoms. The van der Waals surface area contributed by atoms with Crippen LogP contribution in [0, 0.1) is 0 Å². The van der Waals surface area contributed by atoms with Crippen LogP contribution in [0.25, 0.3) is 0 Å². The van der Waals surface area contributed by atoms with Crippen molar-refractivity contribution >= 4 is 5.84 Å². The number of nitrogens with zero attached hydrogens (tertiary/aromatic N) is 2. The molecule has 1 rings (SSSR count). The molecule has 0 radical (unpaired) electrons. The number of hydrogen-bond donors (Lipinski definition) is 3. The van der Waals surface area contributed by atoms with Gasteiger partial charge in [-0.05, 0) is 26.9 Å². The highest BCUT2D eigenvalue weighted by atomic mass is 16.4. The highest BCUT2D eigenvalue weighted by Crippen LogP contribution is 2.06. The highest BCUT2D eigenvalue weighted by molar-refractivity contribution is 5.84. The molecular formula is C8H18N4O. The van der Waals surface area contributed by atoms with Crippen LogP contribution < -0.4 is 11.1 Å². The number of hydrogen-bond acceptors (Lipinski definition) is 4. The molecule has 5 nitrogen and oxygen atoms in total. The Morgan fingerprint density at radius 3 is 2.92 bits per heavy atom. The lowest BCUT2D eigenvalue weighted by molar-refractivity contribution is 0.314. The molecule has 4 N–H and O–H groups in total. The Balaban J connectivity index is 2.32. The van der Waals surface area contributed by atoms with Crippen molar-refractivity contribution in [1.29, 1.82) is 0 Å². The monoisotopic (exact) mass is 186 g/mol. The van der Waals surface area contributed by atoms with Gasteiger partial charge < -0.3 is 21.2 Å². The van der Waals surface area contributed by atoms with Crippen LogP contribution in [0.5, 0.6) is 0 Å². The maximum atomic E-state index is 8.44. The Morgan fingerprint density at radius 2 is 2.46 bits per heavy atom. The van der Waals surface area contributed by atoms with Gasteiger partial charge in [0.15, 0.2) is 5.84 Å². The van der Waals surface area contributed by atoms with E-state index in [4.69, 9.17) is 10.9 Å². The molecule has 0 aromatic rings. The van der Waals surface area contributed by atoms with Crippen LogP contribution in [0.2, 0.25) is 0 Å². The van der Waals surface area contributed by atoms with Gasteiger partial charge in [-0.15, -0.1) is 0 Å². The molecule has 13 heavy (non-hydrogen) atoms. The van der Waals surface area contributed by atoms with E-state index in [0.717, 1.165) is 19.5 Å². The van der Waals surface area contributed by atoms with Gasteiger partial charge in [0.2, 0.25) is 0 Å². The number of rotatable bonds is 3. The zero-order valence-electron chi connectivity index (χ0n) is 8.20. The van der Waals surface area contributed by atoms with E-state index in [1.807, 2.05) is 6.92 Å². The summed E-state index contributed by atoms with van der Waals surface area (Å²) >= 11 is 0. The first-order valence-electron chi connectivity index (χ1n) is 4.55. The van der Waals surface area contributed by atoms with E-state index in [9.17, 15) is 0 Å². The lowest BCUT2D eigenvalue weighted by atomic mass is 10.2. The normalized spacial score (nSPS) is 27.8. The second-order valence-electron chi connectivity index (χ2n) is 3.66. The fourth-order valence-electron chi connectivity index (χ4n) is 1.60. The molecule has 1 saturated heterocycles. The first-order chi connectivity index (χ1) is 6.13. The summed E-state index contributed by atoms with van der Waals surface area (Å²) in [5, 5.41) is 14.7. The number of nitrogens with two attached hydrogens (primary N) is 1. The van der Waals surface area contributed by atoms with Gasteiger partial charge in [0.1, 0.15) is 0 Å². The van der Waals surface area contributed by atoms with Crippen LogP contribution in [0.4, 0.5) is 0 Å². The van der Waals surface area contributed by atoms with E-state index in [1.54, 1.807) is 0 Å². The van der Waals surface area contributed by atoms with E-state index in [0.29, 0.717) is 6.04 Å². The summed E-state index contributed by atoms with van der Waals surface area (Å²) in [6, 6.07) is 0.404. The molecule has 0 amide bonds. The Bertz CT molecular complexity index is 195. The van der Waals surface area contributed by atoms with Crippen molar-refractivity contribution < 1.29 is 5.21 Å². The third-order valence-corrected chi connectivity index (χ3v) is 2.44. The lowest BCUT2D eigenvalue weighted by Crippen LogP contribution is -2.45. The van der Waals surface area contributed by atoms with Crippen molar-refractivity contribution in [1.82, 2.24) is 10.2 Å². The van der Waals surface area contributed by atoms with Crippen LogP contribution in [-0.4, -0.2) is 48.2 Å². The lowest BCUT2D eigenvalue weighted by Gasteiger charge is -2.17. The largest absolute Gasteiger partial charge is 0.409 e. The second kappa shape index (κ2) is 4.43. The molecule has 5 heteroatoms. The quantitative estimate of drug-likeness (QED) is 0.238. The second-order valence-corrected chi connectivity index (χ2v) is 3.66. The zero-order chi connectivity index (χ0) is 9.84. The summed E-state index contributed by atoms with van der Waals surface area (Å²) in [5.74, 6) is 0.245. The fraction of sp³-hybridized carbons (Fsp3) is 0.875. The molecule has 0 saturated carbocycles. The van der Waals surface area contributed by atoms with E-state index in [1.165, 1.54) is 0 Å². The Kier molecular flexibility index (Phi) is 3.50. The molecule has 1 fully saturated rings. The third kappa shape index (κ3) is 2.86. The van der Waals surface area contributed by atoms with Gasteiger partial charge in [-0.25, -0.2) is 0 Å². The summed E-state index contributed by atoms with van der Waals surface area (Å²) in [7, 11) is 2.09. The average Bonchev–Trinajstić information content (AvgIpc) is 2.49. The first kappa shape index (κ1) is 10.3. The van der Waals surface area contributed by atoms with Crippen molar-refractivity contribution in [3.05, 3.63) is 0 Å². The summed E-state index contributed by atoms with van der Waals surface area (Å²) in [6.07, 6.45) is 1.12. The summed E-state index contributed by atoms with van der Waals surface area (Å²) in [4.78, 5) is 2.26. The minimum atomic E-state index is -0.0542. The summed E-state index contributed by atoms with van der Waals surface area (Å²) < 4.78 is 0. The summed E-state index contributed by atoms with van der Waals surface area (Å²) in [5.41, 5.74) is 5.45. The van der Waals surface area contributed by atoms with E-state index in [-0.39, 0.29) is 11.9 Å². The predicted molar refractivity (Wildman–Crippen MR) is 51.9 cm³/mol. The van der Waals surface area contributed by atoms with Gasteiger partial charge >= 0.3 is 0 Å². The zero-order valence-corrected chi connectivity index (χ0v) is 8.20. The third-order valence-electron chi connectivity index (χ3n) is 2.44. The van der Waals surface area contributed by atoms with E-state index >= 15 is 0 Å². The number of likely N-dealkylation sites (N-methyl/N-ethyl adjacent to an activating group) is 1. The standard InChI is InChI=1S/C8H18N4O/c1-6(8(9)11-13)10-7-3-4-12(2)5-7/h6-7,10,13H,3-5H2,1-2H3,(H2,9,11). The van der Waals surface area contributed by atoms with Crippen molar-refractivity contribution in [2.24, 2.45) is 10.9 Å². The van der Waals surface area contributed by atoms with Crippen LogP contribution in [0.15, 0.2) is 5.16 Å². The predicted octanol–water partition coefficient (Wildman–Crippen LogP) is -0.585. The van der Waals surface area contributed by atoms with Crippen molar-refractivity contribution in [2.75, 3.05) is 20.1 Å². The minimum Gasteiger partial charge on any atom is -0.409 e. The van der Waals surface area contributed by atoms with Gasteiger partial charge in [0.25, 0.3) is 0 Å². The van der Waals surface area contributed by atoms with E-state index < -0.39 is 0 Å². The maximum Gasteiger partial charge on any atom is 0.156 e. The number of likely N-dealkylation sites (tertiary alicyclic amines) is 1. The first-order valence-corrected chi connectivity index (χ1v) is 4.55. The van der Waals surface area contributed by atoms with Crippen LogP contribution in [0.3, 0.4) is 0 Å². The summed E-state index contributed by atoms with van der Waals surface area (Å²) in [6.45, 7) is 4.04. The molecular weight excluding hydrogens is 168 g/mol. The number of nitrogens with one attached hydrogen (secondary N) is 1. The molecule has 0 aromatic carbocycles.